The Morgan fingerprint density at radius 3 is 2.52 bits per heavy atom. The third-order valence-electron chi connectivity index (χ3n) is 4.17. The van der Waals surface area contributed by atoms with Crippen LogP contribution in [-0.4, -0.2) is 63.9 Å². The van der Waals surface area contributed by atoms with Crippen molar-refractivity contribution < 1.29 is 0 Å². The number of aromatic nitrogens is 3. The van der Waals surface area contributed by atoms with Crippen LogP contribution in [0.15, 0.2) is 11.3 Å². The van der Waals surface area contributed by atoms with E-state index in [2.05, 4.69) is 71.8 Å². The second-order valence-electron chi connectivity index (χ2n) is 6.76. The van der Waals surface area contributed by atoms with Crippen molar-refractivity contribution in [3.05, 3.63) is 12.2 Å². The third kappa shape index (κ3) is 7.86. The van der Waals surface area contributed by atoms with E-state index < -0.39 is 0 Å². The summed E-state index contributed by atoms with van der Waals surface area (Å²) in [7, 11) is 0. The highest BCUT2D eigenvalue weighted by Crippen LogP contribution is 2.05. The lowest BCUT2D eigenvalue weighted by Gasteiger charge is -2.30. The number of rotatable bonds is 11. The minimum absolute atomic E-state index is 0.576. The molecule has 0 saturated heterocycles. The maximum Gasteiger partial charge on any atom is 0.191 e. The molecular weight excluding hydrogens is 314 g/mol. The summed E-state index contributed by atoms with van der Waals surface area (Å²) in [5.41, 5.74) is 0. The number of hydrogen-bond acceptors (Lipinski definition) is 4. The first kappa shape index (κ1) is 21.4. The van der Waals surface area contributed by atoms with E-state index in [9.17, 15) is 0 Å². The molecule has 0 saturated carbocycles. The van der Waals surface area contributed by atoms with Gasteiger partial charge in [-0.15, -0.1) is 10.2 Å². The van der Waals surface area contributed by atoms with Crippen LogP contribution in [0.4, 0.5) is 0 Å². The maximum atomic E-state index is 4.69. The number of nitrogens with zero attached hydrogens (tertiary/aromatic N) is 5. The molecular formula is C18H37N7. The van der Waals surface area contributed by atoms with Crippen LogP contribution in [-0.2, 0) is 13.0 Å². The van der Waals surface area contributed by atoms with E-state index in [0.717, 1.165) is 57.3 Å². The SMILES string of the molecule is CCNC(=NCCCN(C(C)C)C(C)C)NCCn1cnnc1CC. The monoisotopic (exact) mass is 351 g/mol. The molecule has 0 aliphatic rings. The topological polar surface area (TPSA) is 70.4 Å². The molecule has 1 aromatic rings. The van der Waals surface area contributed by atoms with Crippen LogP contribution in [0.1, 0.15) is 53.8 Å². The van der Waals surface area contributed by atoms with E-state index in [0.29, 0.717) is 12.1 Å². The Morgan fingerprint density at radius 1 is 1.20 bits per heavy atom. The van der Waals surface area contributed by atoms with E-state index in [1.165, 1.54) is 0 Å². The third-order valence-corrected chi connectivity index (χ3v) is 4.17. The lowest BCUT2D eigenvalue weighted by Crippen LogP contribution is -2.39. The minimum atomic E-state index is 0.576. The zero-order chi connectivity index (χ0) is 18.7. The molecule has 0 aliphatic heterocycles. The summed E-state index contributed by atoms with van der Waals surface area (Å²) in [6.45, 7) is 17.6. The van der Waals surface area contributed by atoms with Gasteiger partial charge in [-0.05, 0) is 41.0 Å². The van der Waals surface area contributed by atoms with Gasteiger partial charge in [0.1, 0.15) is 12.2 Å². The molecule has 25 heavy (non-hydrogen) atoms. The number of aliphatic imine (C=N–C) groups is 1. The van der Waals surface area contributed by atoms with Gasteiger partial charge in [-0.2, -0.15) is 0 Å². The molecule has 1 aromatic heterocycles. The Bertz CT molecular complexity index is 485. The predicted octanol–water partition coefficient (Wildman–Crippen LogP) is 1.90. The molecule has 1 heterocycles. The van der Waals surface area contributed by atoms with Gasteiger partial charge in [-0.1, -0.05) is 6.92 Å². The van der Waals surface area contributed by atoms with E-state index in [-0.39, 0.29) is 0 Å². The summed E-state index contributed by atoms with van der Waals surface area (Å²) in [6.07, 6.45) is 3.76. The zero-order valence-electron chi connectivity index (χ0n) is 16.9. The van der Waals surface area contributed by atoms with Crippen molar-refractivity contribution in [3.8, 4) is 0 Å². The predicted molar refractivity (Wildman–Crippen MR) is 105 cm³/mol. The highest BCUT2D eigenvalue weighted by atomic mass is 15.3. The molecule has 0 radical (unpaired) electrons. The van der Waals surface area contributed by atoms with Gasteiger partial charge in [0.05, 0.1) is 0 Å². The molecule has 0 aliphatic carbocycles. The fraction of sp³-hybridized carbons (Fsp3) is 0.833. The number of aryl methyl sites for hydroxylation is 1. The second kappa shape index (κ2) is 11.8. The molecule has 7 nitrogen and oxygen atoms in total. The molecule has 0 aromatic carbocycles. The van der Waals surface area contributed by atoms with E-state index in [1.807, 2.05) is 0 Å². The average Bonchev–Trinajstić information content (AvgIpc) is 3.01. The van der Waals surface area contributed by atoms with Crippen LogP contribution in [0.3, 0.4) is 0 Å². The average molecular weight is 352 g/mol. The summed E-state index contributed by atoms with van der Waals surface area (Å²) in [5.74, 6) is 1.90. The fourth-order valence-electron chi connectivity index (χ4n) is 2.93. The maximum absolute atomic E-state index is 4.69. The Hall–Kier alpha value is -1.63. The highest BCUT2D eigenvalue weighted by Gasteiger charge is 2.12. The van der Waals surface area contributed by atoms with Crippen LogP contribution in [0.2, 0.25) is 0 Å². The van der Waals surface area contributed by atoms with Crippen molar-refractivity contribution in [2.75, 3.05) is 26.2 Å². The highest BCUT2D eigenvalue weighted by molar-refractivity contribution is 5.79. The molecule has 0 amide bonds. The molecule has 1 rings (SSSR count). The van der Waals surface area contributed by atoms with E-state index in [1.54, 1.807) is 6.33 Å². The second-order valence-corrected chi connectivity index (χ2v) is 6.76. The van der Waals surface area contributed by atoms with Crippen LogP contribution >= 0.6 is 0 Å². The minimum Gasteiger partial charge on any atom is -0.357 e. The van der Waals surface area contributed by atoms with Crippen molar-refractivity contribution in [1.29, 1.82) is 0 Å². The first-order chi connectivity index (χ1) is 12.0. The molecule has 2 N–H and O–H groups in total. The smallest absolute Gasteiger partial charge is 0.191 e. The number of nitrogens with one attached hydrogen (secondary N) is 2. The van der Waals surface area contributed by atoms with Gasteiger partial charge in [-0.3, -0.25) is 9.89 Å². The summed E-state index contributed by atoms with van der Waals surface area (Å²) in [5, 5.41) is 14.8. The van der Waals surface area contributed by atoms with Crippen LogP contribution < -0.4 is 10.6 Å². The van der Waals surface area contributed by atoms with Gasteiger partial charge < -0.3 is 15.2 Å². The summed E-state index contributed by atoms with van der Waals surface area (Å²) >= 11 is 0. The van der Waals surface area contributed by atoms with E-state index >= 15 is 0 Å². The van der Waals surface area contributed by atoms with Crippen molar-refractivity contribution in [2.24, 2.45) is 4.99 Å². The van der Waals surface area contributed by atoms with Crippen LogP contribution in [0, 0.1) is 0 Å². The number of hydrogen-bond donors (Lipinski definition) is 2. The van der Waals surface area contributed by atoms with Crippen LogP contribution in [0.25, 0.3) is 0 Å². The summed E-state index contributed by atoms with van der Waals surface area (Å²) in [4.78, 5) is 7.20. The van der Waals surface area contributed by atoms with Gasteiger partial charge in [0.25, 0.3) is 0 Å². The van der Waals surface area contributed by atoms with Crippen molar-refractivity contribution in [1.82, 2.24) is 30.3 Å². The Morgan fingerprint density at radius 2 is 1.92 bits per heavy atom. The first-order valence-electron chi connectivity index (χ1n) is 9.64. The fourth-order valence-corrected chi connectivity index (χ4v) is 2.93. The molecule has 7 heteroatoms. The molecule has 0 fully saturated rings. The van der Waals surface area contributed by atoms with E-state index in [4.69, 9.17) is 4.99 Å². The lowest BCUT2D eigenvalue weighted by molar-refractivity contribution is 0.174. The molecule has 0 bridgehead atoms. The summed E-state index contributed by atoms with van der Waals surface area (Å²) < 4.78 is 2.08. The summed E-state index contributed by atoms with van der Waals surface area (Å²) in [6, 6.07) is 1.15. The van der Waals surface area contributed by atoms with Gasteiger partial charge in [0, 0.05) is 51.2 Å². The molecule has 0 atom stereocenters. The van der Waals surface area contributed by atoms with Gasteiger partial charge in [0.2, 0.25) is 0 Å². The first-order valence-corrected chi connectivity index (χ1v) is 9.64. The molecule has 144 valence electrons. The van der Waals surface area contributed by atoms with Crippen molar-refractivity contribution >= 4 is 5.96 Å². The number of guanidine groups is 1. The van der Waals surface area contributed by atoms with Crippen molar-refractivity contribution in [2.45, 2.75) is 73.0 Å². The molecule has 0 unspecified atom stereocenters. The Labute approximate surface area is 153 Å². The Balaban J connectivity index is 2.40. The van der Waals surface area contributed by atoms with Gasteiger partial charge in [0.15, 0.2) is 5.96 Å². The van der Waals surface area contributed by atoms with Gasteiger partial charge in [-0.25, -0.2) is 0 Å². The van der Waals surface area contributed by atoms with Crippen LogP contribution in [0.5, 0.6) is 0 Å². The zero-order valence-corrected chi connectivity index (χ0v) is 16.9. The van der Waals surface area contributed by atoms with Gasteiger partial charge >= 0.3 is 0 Å². The quantitative estimate of drug-likeness (QED) is 0.362. The Kier molecular flexibility index (Phi) is 10.1. The van der Waals surface area contributed by atoms with Crippen molar-refractivity contribution in [3.63, 3.8) is 0 Å². The standard InChI is InChI=1S/C18H37N7/c1-7-17-23-22-14-24(17)13-11-21-18(19-8-2)20-10-9-12-25(15(3)4)16(5)6/h14-16H,7-13H2,1-6H3,(H2,19,20,21). The normalized spacial score (nSPS) is 12.4. The lowest BCUT2D eigenvalue weighted by atomic mass is 10.2. The largest absolute Gasteiger partial charge is 0.357 e. The molecule has 0 spiro atoms.